The molecular weight excluding hydrogens is 220 g/mol. The minimum atomic E-state index is 0.246. The van der Waals surface area contributed by atoms with Crippen molar-refractivity contribution in [2.45, 2.75) is 51.6 Å². The van der Waals surface area contributed by atoms with Crippen LogP contribution in [0.2, 0.25) is 0 Å². The van der Waals surface area contributed by atoms with Crippen LogP contribution in [0.5, 0.6) is 0 Å². The zero-order valence-electron chi connectivity index (χ0n) is 12.1. The Morgan fingerprint density at radius 2 is 1.67 bits per heavy atom. The molecule has 1 heterocycles. The third kappa shape index (κ3) is 3.33. The van der Waals surface area contributed by atoms with E-state index in [9.17, 15) is 0 Å². The quantitative estimate of drug-likeness (QED) is 0.838. The van der Waals surface area contributed by atoms with Gasteiger partial charge in [0.1, 0.15) is 0 Å². The molecule has 2 atom stereocenters. The van der Waals surface area contributed by atoms with Crippen molar-refractivity contribution in [1.29, 1.82) is 0 Å². The standard InChI is InChI=1S/C16H26N2/c1-12-15(18-10-9-17-12)11-13-5-7-14(8-6-13)16(2,3)4/h5-8,12,15,17-18H,9-11H2,1-4H3. The highest BCUT2D eigenvalue weighted by Gasteiger charge is 2.20. The molecule has 1 aliphatic heterocycles. The van der Waals surface area contributed by atoms with Gasteiger partial charge in [0.15, 0.2) is 0 Å². The van der Waals surface area contributed by atoms with Gasteiger partial charge in [-0.2, -0.15) is 0 Å². The van der Waals surface area contributed by atoms with Crippen molar-refractivity contribution >= 4 is 0 Å². The van der Waals surface area contributed by atoms with Crippen molar-refractivity contribution in [3.63, 3.8) is 0 Å². The van der Waals surface area contributed by atoms with Gasteiger partial charge < -0.3 is 10.6 Å². The fraction of sp³-hybridized carbons (Fsp3) is 0.625. The van der Waals surface area contributed by atoms with Crippen molar-refractivity contribution in [1.82, 2.24) is 10.6 Å². The van der Waals surface area contributed by atoms with E-state index < -0.39 is 0 Å². The fourth-order valence-corrected chi connectivity index (χ4v) is 2.52. The Hall–Kier alpha value is -0.860. The lowest BCUT2D eigenvalue weighted by Gasteiger charge is -2.31. The predicted molar refractivity (Wildman–Crippen MR) is 78.1 cm³/mol. The maximum atomic E-state index is 3.60. The summed E-state index contributed by atoms with van der Waals surface area (Å²) in [4.78, 5) is 0. The van der Waals surface area contributed by atoms with Crippen LogP contribution in [0.25, 0.3) is 0 Å². The van der Waals surface area contributed by atoms with Crippen LogP contribution in [-0.4, -0.2) is 25.2 Å². The predicted octanol–water partition coefficient (Wildman–Crippen LogP) is 2.48. The maximum absolute atomic E-state index is 3.60. The van der Waals surface area contributed by atoms with Crippen LogP contribution in [0.3, 0.4) is 0 Å². The van der Waals surface area contributed by atoms with Crippen molar-refractivity contribution in [3.8, 4) is 0 Å². The molecule has 0 spiro atoms. The van der Waals surface area contributed by atoms with Gasteiger partial charge in [0.2, 0.25) is 0 Å². The topological polar surface area (TPSA) is 24.1 Å². The fourth-order valence-electron chi connectivity index (χ4n) is 2.52. The summed E-state index contributed by atoms with van der Waals surface area (Å²) in [5.41, 5.74) is 3.08. The average molecular weight is 246 g/mol. The molecule has 2 nitrogen and oxygen atoms in total. The molecule has 2 rings (SSSR count). The smallest absolute Gasteiger partial charge is 0.0259 e. The van der Waals surface area contributed by atoms with Crippen LogP contribution in [0.4, 0.5) is 0 Å². The Morgan fingerprint density at radius 3 is 2.22 bits per heavy atom. The third-order valence-electron chi connectivity index (χ3n) is 3.88. The number of nitrogens with one attached hydrogen (secondary N) is 2. The summed E-state index contributed by atoms with van der Waals surface area (Å²) in [6, 6.07) is 10.2. The summed E-state index contributed by atoms with van der Waals surface area (Å²) in [6.45, 7) is 11.2. The van der Waals surface area contributed by atoms with E-state index in [-0.39, 0.29) is 5.41 Å². The van der Waals surface area contributed by atoms with E-state index in [1.807, 2.05) is 0 Å². The van der Waals surface area contributed by atoms with E-state index in [2.05, 4.69) is 62.6 Å². The van der Waals surface area contributed by atoms with E-state index in [1.54, 1.807) is 0 Å². The Morgan fingerprint density at radius 1 is 1.06 bits per heavy atom. The Bertz CT molecular complexity index is 375. The first kappa shape index (κ1) is 13.6. The molecule has 0 radical (unpaired) electrons. The van der Waals surface area contributed by atoms with Crippen molar-refractivity contribution in [2.75, 3.05) is 13.1 Å². The van der Waals surface area contributed by atoms with Crippen molar-refractivity contribution in [2.24, 2.45) is 0 Å². The largest absolute Gasteiger partial charge is 0.311 e. The van der Waals surface area contributed by atoms with Gasteiger partial charge in [0.25, 0.3) is 0 Å². The highest BCUT2D eigenvalue weighted by molar-refractivity contribution is 5.28. The van der Waals surface area contributed by atoms with Gasteiger partial charge >= 0.3 is 0 Å². The number of piperazine rings is 1. The first-order valence-electron chi connectivity index (χ1n) is 7.03. The van der Waals surface area contributed by atoms with Gasteiger partial charge in [-0.15, -0.1) is 0 Å². The van der Waals surface area contributed by atoms with E-state index >= 15 is 0 Å². The highest BCUT2D eigenvalue weighted by Crippen LogP contribution is 2.22. The van der Waals surface area contributed by atoms with Crippen LogP contribution in [0, 0.1) is 0 Å². The molecule has 2 N–H and O–H groups in total. The second kappa shape index (κ2) is 5.41. The second-order valence-electron chi connectivity index (χ2n) is 6.45. The Kier molecular flexibility index (Phi) is 4.08. The maximum Gasteiger partial charge on any atom is 0.0259 e. The average Bonchev–Trinajstić information content (AvgIpc) is 2.32. The minimum Gasteiger partial charge on any atom is -0.311 e. The van der Waals surface area contributed by atoms with E-state index in [1.165, 1.54) is 11.1 Å². The lowest BCUT2D eigenvalue weighted by Crippen LogP contribution is -2.55. The monoisotopic (exact) mass is 246 g/mol. The summed E-state index contributed by atoms with van der Waals surface area (Å²) >= 11 is 0. The molecule has 18 heavy (non-hydrogen) atoms. The van der Waals surface area contributed by atoms with E-state index in [0.29, 0.717) is 12.1 Å². The van der Waals surface area contributed by atoms with Crippen LogP contribution >= 0.6 is 0 Å². The summed E-state index contributed by atoms with van der Waals surface area (Å²) in [5, 5.41) is 7.13. The van der Waals surface area contributed by atoms with E-state index in [4.69, 9.17) is 0 Å². The molecule has 0 amide bonds. The second-order valence-corrected chi connectivity index (χ2v) is 6.45. The molecule has 1 aromatic rings. The summed E-state index contributed by atoms with van der Waals surface area (Å²) in [6.07, 6.45) is 1.11. The molecule has 1 saturated heterocycles. The molecule has 1 fully saturated rings. The molecule has 0 saturated carbocycles. The van der Waals surface area contributed by atoms with Crippen LogP contribution in [-0.2, 0) is 11.8 Å². The Labute approximate surface area is 111 Å². The molecule has 1 aromatic carbocycles. The van der Waals surface area contributed by atoms with Gasteiger partial charge in [0, 0.05) is 25.2 Å². The lowest BCUT2D eigenvalue weighted by molar-refractivity contribution is 0.336. The summed E-state index contributed by atoms with van der Waals surface area (Å²) in [7, 11) is 0. The summed E-state index contributed by atoms with van der Waals surface area (Å²) in [5.74, 6) is 0. The summed E-state index contributed by atoms with van der Waals surface area (Å²) < 4.78 is 0. The molecular formula is C16H26N2. The first-order chi connectivity index (χ1) is 8.47. The van der Waals surface area contributed by atoms with Gasteiger partial charge in [-0.3, -0.25) is 0 Å². The number of hydrogen-bond donors (Lipinski definition) is 2. The number of hydrogen-bond acceptors (Lipinski definition) is 2. The van der Waals surface area contributed by atoms with Crippen molar-refractivity contribution < 1.29 is 0 Å². The zero-order valence-corrected chi connectivity index (χ0v) is 12.1. The van der Waals surface area contributed by atoms with Gasteiger partial charge in [-0.25, -0.2) is 0 Å². The van der Waals surface area contributed by atoms with Crippen molar-refractivity contribution in [3.05, 3.63) is 35.4 Å². The third-order valence-corrected chi connectivity index (χ3v) is 3.88. The molecule has 0 bridgehead atoms. The number of rotatable bonds is 2. The molecule has 0 aliphatic carbocycles. The lowest BCUT2D eigenvalue weighted by atomic mass is 9.86. The molecule has 0 aromatic heterocycles. The van der Waals surface area contributed by atoms with Gasteiger partial charge in [-0.05, 0) is 29.9 Å². The normalized spacial score (nSPS) is 25.1. The van der Waals surface area contributed by atoms with Crippen LogP contribution < -0.4 is 10.6 Å². The number of benzene rings is 1. The van der Waals surface area contributed by atoms with Gasteiger partial charge in [0.05, 0.1) is 0 Å². The van der Waals surface area contributed by atoms with Crippen LogP contribution in [0.1, 0.15) is 38.8 Å². The highest BCUT2D eigenvalue weighted by atomic mass is 15.1. The zero-order chi connectivity index (χ0) is 13.2. The molecule has 100 valence electrons. The minimum absolute atomic E-state index is 0.246. The SMILES string of the molecule is CC1NCCNC1Cc1ccc(C(C)(C)C)cc1. The first-order valence-corrected chi connectivity index (χ1v) is 7.03. The Balaban J connectivity index is 2.02. The molecule has 2 unspecified atom stereocenters. The molecule has 2 heteroatoms. The van der Waals surface area contributed by atoms with Crippen LogP contribution in [0.15, 0.2) is 24.3 Å². The molecule has 1 aliphatic rings. The van der Waals surface area contributed by atoms with E-state index in [0.717, 1.165) is 19.5 Å². The van der Waals surface area contributed by atoms with Gasteiger partial charge in [-0.1, -0.05) is 45.0 Å².